The number of aromatic nitrogens is 2. The van der Waals surface area contributed by atoms with Gasteiger partial charge in [0.1, 0.15) is 5.75 Å². The Kier molecular flexibility index (Phi) is 3.39. The van der Waals surface area contributed by atoms with Crippen molar-refractivity contribution in [2.24, 2.45) is 0 Å². The standard InChI is InChI=1S/C13H14ClN3O/c1-7-5-11(8(2)4-10(7)15)18-12-6-9(3)16-13(14)17-12/h4-6H,15H2,1-3H3. The predicted molar refractivity (Wildman–Crippen MR) is 72.2 cm³/mol. The second kappa shape index (κ2) is 4.82. The van der Waals surface area contributed by atoms with Gasteiger partial charge in [-0.3, -0.25) is 0 Å². The summed E-state index contributed by atoms with van der Waals surface area (Å²) in [6.45, 7) is 5.70. The molecule has 0 spiro atoms. The second-order valence-electron chi connectivity index (χ2n) is 4.19. The fourth-order valence-electron chi connectivity index (χ4n) is 1.59. The number of hydrogen-bond acceptors (Lipinski definition) is 4. The number of rotatable bonds is 2. The van der Waals surface area contributed by atoms with Gasteiger partial charge < -0.3 is 10.5 Å². The molecule has 94 valence electrons. The third-order valence-corrected chi connectivity index (χ3v) is 2.75. The lowest BCUT2D eigenvalue weighted by molar-refractivity contribution is 0.457. The van der Waals surface area contributed by atoms with Crippen molar-refractivity contribution < 1.29 is 4.74 Å². The van der Waals surface area contributed by atoms with Gasteiger partial charge in [0.2, 0.25) is 11.2 Å². The van der Waals surface area contributed by atoms with Crippen LogP contribution in [-0.4, -0.2) is 9.97 Å². The number of hydrogen-bond donors (Lipinski definition) is 1. The molecule has 0 radical (unpaired) electrons. The Hall–Kier alpha value is -1.81. The predicted octanol–water partition coefficient (Wildman–Crippen LogP) is 3.43. The number of benzene rings is 1. The maximum absolute atomic E-state index is 5.83. The normalized spacial score (nSPS) is 10.4. The Morgan fingerprint density at radius 1 is 1.06 bits per heavy atom. The van der Waals surface area contributed by atoms with E-state index in [0.717, 1.165) is 28.3 Å². The molecule has 0 atom stereocenters. The van der Waals surface area contributed by atoms with E-state index in [-0.39, 0.29) is 5.28 Å². The van der Waals surface area contributed by atoms with Crippen molar-refractivity contribution in [2.75, 3.05) is 5.73 Å². The van der Waals surface area contributed by atoms with E-state index in [1.165, 1.54) is 0 Å². The van der Waals surface area contributed by atoms with Crippen molar-refractivity contribution in [3.63, 3.8) is 0 Å². The van der Waals surface area contributed by atoms with Crippen LogP contribution in [0.3, 0.4) is 0 Å². The molecule has 5 heteroatoms. The van der Waals surface area contributed by atoms with Crippen LogP contribution in [0.1, 0.15) is 16.8 Å². The van der Waals surface area contributed by atoms with Crippen LogP contribution in [0.5, 0.6) is 11.6 Å². The van der Waals surface area contributed by atoms with Gasteiger partial charge in [0, 0.05) is 17.4 Å². The van der Waals surface area contributed by atoms with E-state index in [2.05, 4.69) is 9.97 Å². The Bertz CT molecular complexity index is 579. The fraction of sp³-hybridized carbons (Fsp3) is 0.231. The minimum atomic E-state index is 0.176. The SMILES string of the molecule is Cc1cc(Oc2cc(C)c(N)cc2C)nc(Cl)n1. The number of aryl methyl sites for hydroxylation is 3. The van der Waals surface area contributed by atoms with Gasteiger partial charge in [-0.05, 0) is 55.6 Å². The summed E-state index contributed by atoms with van der Waals surface area (Å²) in [6, 6.07) is 5.49. The Morgan fingerprint density at radius 2 is 1.78 bits per heavy atom. The zero-order valence-corrected chi connectivity index (χ0v) is 11.2. The van der Waals surface area contributed by atoms with Crippen LogP contribution in [0, 0.1) is 20.8 Å². The molecule has 4 nitrogen and oxygen atoms in total. The topological polar surface area (TPSA) is 61.0 Å². The lowest BCUT2D eigenvalue weighted by atomic mass is 10.1. The van der Waals surface area contributed by atoms with Gasteiger partial charge in [-0.2, -0.15) is 4.98 Å². The van der Waals surface area contributed by atoms with Gasteiger partial charge in [0.15, 0.2) is 0 Å². The molecular weight excluding hydrogens is 250 g/mol. The number of anilines is 1. The summed E-state index contributed by atoms with van der Waals surface area (Å²) in [4.78, 5) is 8.01. The van der Waals surface area contributed by atoms with E-state index in [1.807, 2.05) is 32.9 Å². The van der Waals surface area contributed by atoms with Crippen molar-refractivity contribution in [3.8, 4) is 11.6 Å². The molecule has 0 aliphatic rings. The molecule has 0 bridgehead atoms. The summed E-state index contributed by atoms with van der Waals surface area (Å²) in [5, 5.41) is 0.176. The summed E-state index contributed by atoms with van der Waals surface area (Å²) in [6.07, 6.45) is 0. The Morgan fingerprint density at radius 3 is 2.44 bits per heavy atom. The molecular formula is C13H14ClN3O. The van der Waals surface area contributed by atoms with Gasteiger partial charge in [0.05, 0.1) is 0 Å². The first-order valence-electron chi connectivity index (χ1n) is 5.51. The molecule has 2 N–H and O–H groups in total. The van der Waals surface area contributed by atoms with E-state index >= 15 is 0 Å². The lowest BCUT2D eigenvalue weighted by Gasteiger charge is -2.11. The molecule has 0 saturated carbocycles. The molecule has 1 aromatic carbocycles. The highest BCUT2D eigenvalue weighted by Crippen LogP contribution is 2.28. The van der Waals surface area contributed by atoms with Crippen LogP contribution < -0.4 is 10.5 Å². The highest BCUT2D eigenvalue weighted by molar-refractivity contribution is 6.28. The van der Waals surface area contributed by atoms with Crippen molar-refractivity contribution in [1.29, 1.82) is 0 Å². The highest BCUT2D eigenvalue weighted by atomic mass is 35.5. The monoisotopic (exact) mass is 263 g/mol. The van der Waals surface area contributed by atoms with E-state index in [4.69, 9.17) is 22.1 Å². The van der Waals surface area contributed by atoms with Crippen molar-refractivity contribution >= 4 is 17.3 Å². The number of nitrogens with zero attached hydrogens (tertiary/aromatic N) is 2. The van der Waals surface area contributed by atoms with Gasteiger partial charge in [-0.1, -0.05) is 0 Å². The molecule has 1 heterocycles. The molecule has 0 aliphatic carbocycles. The van der Waals surface area contributed by atoms with Gasteiger partial charge in [-0.15, -0.1) is 0 Å². The summed E-state index contributed by atoms with van der Waals surface area (Å²) in [7, 11) is 0. The van der Waals surface area contributed by atoms with E-state index in [9.17, 15) is 0 Å². The Labute approximate surface area is 111 Å². The van der Waals surface area contributed by atoms with Crippen molar-refractivity contribution in [3.05, 3.63) is 40.3 Å². The summed E-state index contributed by atoms with van der Waals surface area (Å²) in [5.41, 5.74) is 9.25. The average molecular weight is 264 g/mol. The molecule has 2 rings (SSSR count). The highest BCUT2D eigenvalue weighted by Gasteiger charge is 2.07. The molecule has 0 amide bonds. The third-order valence-electron chi connectivity index (χ3n) is 2.58. The van der Waals surface area contributed by atoms with Crippen LogP contribution in [0.15, 0.2) is 18.2 Å². The number of halogens is 1. The van der Waals surface area contributed by atoms with Crippen LogP contribution in [0.4, 0.5) is 5.69 Å². The molecule has 1 aromatic heterocycles. The number of ether oxygens (including phenoxy) is 1. The number of nitrogen functional groups attached to an aromatic ring is 1. The first-order valence-corrected chi connectivity index (χ1v) is 5.89. The Balaban J connectivity index is 2.36. The molecule has 0 fully saturated rings. The van der Waals surface area contributed by atoms with E-state index in [1.54, 1.807) is 6.07 Å². The van der Waals surface area contributed by atoms with E-state index in [0.29, 0.717) is 5.88 Å². The molecule has 18 heavy (non-hydrogen) atoms. The molecule has 0 aliphatic heterocycles. The van der Waals surface area contributed by atoms with Crippen molar-refractivity contribution in [1.82, 2.24) is 9.97 Å². The maximum Gasteiger partial charge on any atom is 0.225 e. The maximum atomic E-state index is 5.83. The molecule has 0 saturated heterocycles. The first kappa shape index (κ1) is 12.6. The minimum Gasteiger partial charge on any atom is -0.439 e. The first-order chi connectivity index (χ1) is 8.45. The average Bonchev–Trinajstić information content (AvgIpc) is 2.24. The second-order valence-corrected chi connectivity index (χ2v) is 4.53. The number of nitrogens with two attached hydrogens (primary N) is 1. The minimum absolute atomic E-state index is 0.176. The van der Waals surface area contributed by atoms with Crippen LogP contribution in [0.2, 0.25) is 5.28 Å². The molecule has 2 aromatic rings. The lowest BCUT2D eigenvalue weighted by Crippen LogP contribution is -1.96. The zero-order chi connectivity index (χ0) is 13.3. The summed E-state index contributed by atoms with van der Waals surface area (Å²) >= 11 is 5.79. The molecule has 0 unspecified atom stereocenters. The van der Waals surface area contributed by atoms with E-state index < -0.39 is 0 Å². The quantitative estimate of drug-likeness (QED) is 0.666. The fourth-order valence-corrected chi connectivity index (χ4v) is 1.81. The van der Waals surface area contributed by atoms with Crippen molar-refractivity contribution in [2.45, 2.75) is 20.8 Å². The summed E-state index contributed by atoms with van der Waals surface area (Å²) < 4.78 is 5.72. The van der Waals surface area contributed by atoms with Gasteiger partial charge >= 0.3 is 0 Å². The third kappa shape index (κ3) is 2.71. The largest absolute Gasteiger partial charge is 0.439 e. The van der Waals surface area contributed by atoms with Crippen LogP contribution in [-0.2, 0) is 0 Å². The van der Waals surface area contributed by atoms with Gasteiger partial charge in [-0.25, -0.2) is 4.98 Å². The summed E-state index contributed by atoms with van der Waals surface area (Å²) in [5.74, 6) is 1.15. The van der Waals surface area contributed by atoms with Gasteiger partial charge in [0.25, 0.3) is 0 Å². The zero-order valence-electron chi connectivity index (χ0n) is 10.5. The smallest absolute Gasteiger partial charge is 0.225 e. The van der Waals surface area contributed by atoms with Crippen LogP contribution >= 0.6 is 11.6 Å². The van der Waals surface area contributed by atoms with Crippen LogP contribution in [0.25, 0.3) is 0 Å².